The first-order valence-corrected chi connectivity index (χ1v) is 4.78. The Kier molecular flexibility index (Phi) is 2.41. The van der Waals surface area contributed by atoms with Gasteiger partial charge in [0, 0.05) is 5.54 Å². The minimum Gasteiger partial charge on any atom is -0.381 e. The van der Waals surface area contributed by atoms with Crippen LogP contribution in [0.3, 0.4) is 0 Å². The molecule has 76 valence electrons. The second-order valence-electron chi connectivity index (χ2n) is 5.01. The van der Waals surface area contributed by atoms with Crippen molar-refractivity contribution in [3.05, 3.63) is 0 Å². The van der Waals surface area contributed by atoms with E-state index in [1.165, 1.54) is 26.7 Å². The number of rotatable bonds is 3. The fraction of sp³-hybridized carbons (Fsp3) is 0.900. The zero-order chi connectivity index (χ0) is 10.3. The Bertz CT molecular complexity index is 211. The molecule has 1 rings (SSSR count). The van der Waals surface area contributed by atoms with E-state index in [0.29, 0.717) is 5.92 Å². The summed E-state index contributed by atoms with van der Waals surface area (Å²) in [6.45, 7) is 7.03. The molecular formula is C10H19NO2. The molecule has 0 saturated heterocycles. The predicted octanol–water partition coefficient (Wildman–Crippen LogP) is 1.06. The van der Waals surface area contributed by atoms with Gasteiger partial charge in [-0.15, -0.1) is 0 Å². The fourth-order valence-electron chi connectivity index (χ4n) is 1.35. The molecule has 3 heteroatoms. The van der Waals surface area contributed by atoms with E-state index in [9.17, 15) is 9.90 Å². The van der Waals surface area contributed by atoms with Crippen molar-refractivity contribution in [1.82, 2.24) is 5.32 Å². The standard InChI is InChI=1S/C10H19NO2/c1-9(2,7-5-6-7)11-8(12)10(3,4)13/h7,13H,5-6H2,1-4H3,(H,11,12). The smallest absolute Gasteiger partial charge is 0.251 e. The number of hydrogen-bond donors (Lipinski definition) is 2. The van der Waals surface area contributed by atoms with Gasteiger partial charge in [0.15, 0.2) is 0 Å². The Hall–Kier alpha value is -0.570. The molecule has 0 aromatic heterocycles. The number of amides is 1. The number of aliphatic hydroxyl groups is 1. The van der Waals surface area contributed by atoms with Crippen LogP contribution in [0, 0.1) is 5.92 Å². The Morgan fingerprint density at radius 1 is 1.31 bits per heavy atom. The summed E-state index contributed by atoms with van der Waals surface area (Å²) >= 11 is 0. The van der Waals surface area contributed by atoms with Crippen LogP contribution in [0.4, 0.5) is 0 Å². The highest BCUT2D eigenvalue weighted by Crippen LogP contribution is 2.39. The molecule has 1 amide bonds. The van der Waals surface area contributed by atoms with Crippen LogP contribution >= 0.6 is 0 Å². The summed E-state index contributed by atoms with van der Waals surface area (Å²) in [7, 11) is 0. The Labute approximate surface area is 79.5 Å². The first-order valence-electron chi connectivity index (χ1n) is 4.78. The normalized spacial score (nSPS) is 18.5. The van der Waals surface area contributed by atoms with E-state index in [2.05, 4.69) is 5.32 Å². The molecule has 0 spiro atoms. The van der Waals surface area contributed by atoms with E-state index in [1.807, 2.05) is 13.8 Å². The van der Waals surface area contributed by atoms with Crippen molar-refractivity contribution in [2.75, 3.05) is 0 Å². The maximum Gasteiger partial charge on any atom is 0.251 e. The molecule has 1 aliphatic carbocycles. The van der Waals surface area contributed by atoms with Crippen molar-refractivity contribution >= 4 is 5.91 Å². The lowest BCUT2D eigenvalue weighted by molar-refractivity contribution is -0.138. The van der Waals surface area contributed by atoms with Crippen molar-refractivity contribution in [3.63, 3.8) is 0 Å². The monoisotopic (exact) mass is 185 g/mol. The Balaban J connectivity index is 2.52. The highest BCUT2D eigenvalue weighted by atomic mass is 16.3. The molecule has 0 heterocycles. The minimum atomic E-state index is -1.27. The average molecular weight is 185 g/mol. The van der Waals surface area contributed by atoms with Gasteiger partial charge < -0.3 is 10.4 Å². The predicted molar refractivity (Wildman–Crippen MR) is 51.2 cm³/mol. The van der Waals surface area contributed by atoms with Crippen molar-refractivity contribution < 1.29 is 9.90 Å². The first kappa shape index (κ1) is 10.5. The number of hydrogen-bond acceptors (Lipinski definition) is 2. The van der Waals surface area contributed by atoms with E-state index in [-0.39, 0.29) is 11.4 Å². The first-order chi connectivity index (χ1) is 5.73. The van der Waals surface area contributed by atoms with Gasteiger partial charge >= 0.3 is 0 Å². The van der Waals surface area contributed by atoms with Crippen LogP contribution in [0.1, 0.15) is 40.5 Å². The van der Waals surface area contributed by atoms with E-state index >= 15 is 0 Å². The van der Waals surface area contributed by atoms with Crippen LogP contribution in [0.25, 0.3) is 0 Å². The topological polar surface area (TPSA) is 49.3 Å². The largest absolute Gasteiger partial charge is 0.381 e. The number of nitrogens with one attached hydrogen (secondary N) is 1. The van der Waals surface area contributed by atoms with Gasteiger partial charge in [0.1, 0.15) is 5.60 Å². The second kappa shape index (κ2) is 2.98. The molecule has 1 aliphatic rings. The summed E-state index contributed by atoms with van der Waals surface area (Å²) in [6.07, 6.45) is 2.36. The zero-order valence-corrected chi connectivity index (χ0v) is 8.85. The van der Waals surface area contributed by atoms with Gasteiger partial charge in [0.05, 0.1) is 0 Å². The van der Waals surface area contributed by atoms with Gasteiger partial charge in [-0.2, -0.15) is 0 Å². The summed E-state index contributed by atoms with van der Waals surface area (Å²) in [5, 5.41) is 12.3. The number of carbonyl (C=O) groups is 1. The van der Waals surface area contributed by atoms with Gasteiger partial charge in [-0.05, 0) is 46.5 Å². The molecule has 0 bridgehead atoms. The van der Waals surface area contributed by atoms with Gasteiger partial charge in [-0.25, -0.2) is 0 Å². The molecule has 0 unspecified atom stereocenters. The molecule has 0 radical (unpaired) electrons. The summed E-state index contributed by atoms with van der Waals surface area (Å²) in [5.41, 5.74) is -1.44. The van der Waals surface area contributed by atoms with Crippen molar-refractivity contribution in [1.29, 1.82) is 0 Å². The van der Waals surface area contributed by atoms with E-state index in [0.717, 1.165) is 0 Å². The summed E-state index contributed by atoms with van der Waals surface area (Å²) in [5.74, 6) is 0.295. The molecule has 13 heavy (non-hydrogen) atoms. The average Bonchev–Trinajstić information content (AvgIpc) is 2.62. The molecule has 1 fully saturated rings. The van der Waals surface area contributed by atoms with Crippen molar-refractivity contribution in [2.45, 2.75) is 51.7 Å². The quantitative estimate of drug-likeness (QED) is 0.690. The molecule has 0 aromatic carbocycles. The molecule has 3 nitrogen and oxygen atoms in total. The highest BCUT2D eigenvalue weighted by Gasteiger charge is 2.40. The highest BCUT2D eigenvalue weighted by molar-refractivity contribution is 5.84. The fourth-order valence-corrected chi connectivity index (χ4v) is 1.35. The minimum absolute atomic E-state index is 0.170. The van der Waals surface area contributed by atoms with E-state index in [4.69, 9.17) is 0 Å². The molecule has 0 aliphatic heterocycles. The lowest BCUT2D eigenvalue weighted by atomic mass is 9.97. The Morgan fingerprint density at radius 3 is 2.08 bits per heavy atom. The molecule has 2 N–H and O–H groups in total. The zero-order valence-electron chi connectivity index (χ0n) is 8.85. The van der Waals surface area contributed by atoms with Gasteiger partial charge in [-0.1, -0.05) is 0 Å². The maximum atomic E-state index is 11.5. The van der Waals surface area contributed by atoms with Gasteiger partial charge in [0.25, 0.3) is 5.91 Å². The lowest BCUT2D eigenvalue weighted by Crippen LogP contribution is -2.52. The van der Waals surface area contributed by atoms with Crippen LogP contribution in [0.2, 0.25) is 0 Å². The molecule has 0 atom stereocenters. The van der Waals surface area contributed by atoms with Crippen LogP contribution in [-0.2, 0) is 4.79 Å². The van der Waals surface area contributed by atoms with Crippen LogP contribution in [-0.4, -0.2) is 22.2 Å². The molecule has 1 saturated carbocycles. The summed E-state index contributed by atoms with van der Waals surface area (Å²) in [6, 6.07) is 0. The summed E-state index contributed by atoms with van der Waals surface area (Å²) < 4.78 is 0. The van der Waals surface area contributed by atoms with Crippen LogP contribution < -0.4 is 5.32 Å². The SMILES string of the molecule is CC(C)(O)C(=O)NC(C)(C)C1CC1. The molecular weight excluding hydrogens is 166 g/mol. The third-order valence-electron chi connectivity index (χ3n) is 2.59. The van der Waals surface area contributed by atoms with Crippen molar-refractivity contribution in [2.24, 2.45) is 5.92 Å². The van der Waals surface area contributed by atoms with Gasteiger partial charge in [0.2, 0.25) is 0 Å². The van der Waals surface area contributed by atoms with E-state index in [1.54, 1.807) is 0 Å². The third kappa shape index (κ3) is 2.69. The van der Waals surface area contributed by atoms with E-state index < -0.39 is 5.60 Å². The third-order valence-corrected chi connectivity index (χ3v) is 2.59. The lowest BCUT2D eigenvalue weighted by Gasteiger charge is -2.29. The van der Waals surface area contributed by atoms with Crippen LogP contribution in [0.15, 0.2) is 0 Å². The number of carbonyl (C=O) groups excluding carboxylic acids is 1. The van der Waals surface area contributed by atoms with Crippen molar-refractivity contribution in [3.8, 4) is 0 Å². The second-order valence-corrected chi connectivity index (χ2v) is 5.01. The van der Waals surface area contributed by atoms with Gasteiger partial charge in [-0.3, -0.25) is 4.79 Å². The van der Waals surface area contributed by atoms with Crippen LogP contribution in [0.5, 0.6) is 0 Å². The summed E-state index contributed by atoms with van der Waals surface area (Å²) in [4.78, 5) is 11.5. The molecule has 0 aromatic rings. The Morgan fingerprint density at radius 2 is 1.77 bits per heavy atom. The maximum absolute atomic E-state index is 11.5.